The normalized spacial score (nSPS) is 18.1. The molecule has 6 aromatic rings. The van der Waals surface area contributed by atoms with Crippen molar-refractivity contribution in [2.24, 2.45) is 0 Å². The number of unbranched alkanes of at least 4 members (excludes halogenated alkanes) is 3. The van der Waals surface area contributed by atoms with Gasteiger partial charge in [-0.05, 0) is 48.2 Å². The van der Waals surface area contributed by atoms with Crippen LogP contribution >= 0.6 is 11.3 Å². The molecule has 3 aromatic heterocycles. The Morgan fingerprint density at radius 1 is 0.862 bits per heavy atom. The fourth-order valence-corrected chi connectivity index (χ4v) is 8.01. The van der Waals surface area contributed by atoms with Crippen molar-refractivity contribution in [3.63, 3.8) is 0 Å². The van der Waals surface area contributed by atoms with Crippen molar-refractivity contribution in [2.75, 3.05) is 30.7 Å². The van der Waals surface area contributed by atoms with Gasteiger partial charge < -0.3 is 36.4 Å². The molecule has 0 saturated carbocycles. The Balaban J connectivity index is 0.959. The number of hydrogen-bond donors (Lipinski definition) is 6. The van der Waals surface area contributed by atoms with E-state index in [2.05, 4.69) is 25.6 Å². The molecule has 302 valence electrons. The summed E-state index contributed by atoms with van der Waals surface area (Å²) in [5, 5.41) is 36.4. The van der Waals surface area contributed by atoms with Crippen LogP contribution in [-0.4, -0.2) is 84.5 Å². The maximum Gasteiger partial charge on any atom is 0.416 e. The van der Waals surface area contributed by atoms with E-state index in [1.54, 1.807) is 54.6 Å². The Morgan fingerprint density at radius 3 is 2.33 bits per heavy atom. The van der Waals surface area contributed by atoms with E-state index in [0.717, 1.165) is 42.7 Å². The monoisotopic (exact) mass is 815 g/mol. The average Bonchev–Trinajstić information content (AvgIpc) is 3.91. The average molecular weight is 816 g/mol. The van der Waals surface area contributed by atoms with Crippen LogP contribution < -0.4 is 16.4 Å². The van der Waals surface area contributed by atoms with E-state index in [9.17, 15) is 38.1 Å². The summed E-state index contributed by atoms with van der Waals surface area (Å²) >= 11 is 1.08. The zero-order valence-electron chi connectivity index (χ0n) is 30.9. The van der Waals surface area contributed by atoms with Crippen molar-refractivity contribution in [1.29, 1.82) is 0 Å². The number of imidazole rings is 1. The molecule has 7 N–H and O–H groups in total. The van der Waals surface area contributed by atoms with E-state index in [4.69, 9.17) is 10.5 Å². The summed E-state index contributed by atoms with van der Waals surface area (Å²) < 4.78 is 48.5. The molecule has 58 heavy (non-hydrogen) atoms. The molecule has 4 heterocycles. The maximum atomic E-state index is 13.8. The number of aromatic nitrogens is 4. The second kappa shape index (κ2) is 17.4. The molecule has 0 radical (unpaired) electrons. The van der Waals surface area contributed by atoms with Crippen LogP contribution in [0.2, 0.25) is 0 Å². The molecule has 1 fully saturated rings. The van der Waals surface area contributed by atoms with Crippen molar-refractivity contribution in [3.05, 3.63) is 114 Å². The number of aliphatic hydroxyl groups excluding tert-OH is 3. The molecular weight excluding hydrogens is 776 g/mol. The van der Waals surface area contributed by atoms with Gasteiger partial charge in [0.25, 0.3) is 5.91 Å². The SMILES string of the molecule is Nc1sc(-c2cccc(C(=O)NCCCCCCNc3ncnc4c3ncn4[C@@H]3O[C@H](CO)[C@@H](O)[C@H]3O)c2)c(-c2cccc(C(F)(F)F)c2)c1C(=O)c1ccccc1. The number of carbonyl (C=O) groups is 2. The lowest BCUT2D eigenvalue weighted by Gasteiger charge is -2.16. The molecule has 0 aliphatic carbocycles. The first-order chi connectivity index (χ1) is 28.0. The zero-order valence-corrected chi connectivity index (χ0v) is 31.7. The van der Waals surface area contributed by atoms with Crippen molar-refractivity contribution < 1.29 is 42.8 Å². The van der Waals surface area contributed by atoms with Crippen LogP contribution in [0.3, 0.4) is 0 Å². The Labute approximate surface area is 334 Å². The number of amides is 1. The summed E-state index contributed by atoms with van der Waals surface area (Å²) in [5.41, 5.74) is 8.20. The summed E-state index contributed by atoms with van der Waals surface area (Å²) in [5.74, 6) is -0.248. The van der Waals surface area contributed by atoms with Gasteiger partial charge in [-0.1, -0.05) is 67.4 Å². The molecule has 13 nitrogen and oxygen atoms in total. The smallest absolute Gasteiger partial charge is 0.394 e. The minimum Gasteiger partial charge on any atom is -0.394 e. The molecule has 1 amide bonds. The highest BCUT2D eigenvalue weighted by Gasteiger charge is 2.44. The van der Waals surface area contributed by atoms with Crippen molar-refractivity contribution >= 4 is 45.0 Å². The molecule has 1 aliphatic rings. The number of alkyl halides is 3. The van der Waals surface area contributed by atoms with E-state index < -0.39 is 48.7 Å². The third-order valence-electron chi connectivity index (χ3n) is 9.90. The van der Waals surface area contributed by atoms with Crippen LogP contribution in [0, 0.1) is 0 Å². The highest BCUT2D eigenvalue weighted by molar-refractivity contribution is 7.20. The maximum absolute atomic E-state index is 13.8. The minimum atomic E-state index is -4.61. The first-order valence-electron chi connectivity index (χ1n) is 18.6. The van der Waals surface area contributed by atoms with E-state index in [-0.39, 0.29) is 27.6 Å². The van der Waals surface area contributed by atoms with Gasteiger partial charge in [0.2, 0.25) is 0 Å². The second-order valence-corrected chi connectivity index (χ2v) is 14.8. The van der Waals surface area contributed by atoms with Gasteiger partial charge in [0.15, 0.2) is 29.0 Å². The van der Waals surface area contributed by atoms with Gasteiger partial charge in [-0.2, -0.15) is 13.2 Å². The molecule has 1 saturated heterocycles. The van der Waals surface area contributed by atoms with Gasteiger partial charge in [-0.25, -0.2) is 15.0 Å². The number of rotatable bonds is 15. The summed E-state index contributed by atoms with van der Waals surface area (Å²) in [6.45, 7) is 0.550. The fraction of sp³-hybridized carbons (Fsp3) is 0.293. The number of halogens is 3. The number of aliphatic hydroxyl groups is 3. The van der Waals surface area contributed by atoms with E-state index in [1.165, 1.54) is 29.4 Å². The summed E-state index contributed by atoms with van der Waals surface area (Å²) in [7, 11) is 0. The van der Waals surface area contributed by atoms with E-state index in [1.807, 2.05) is 0 Å². The third-order valence-corrected chi connectivity index (χ3v) is 11.0. The van der Waals surface area contributed by atoms with Crippen molar-refractivity contribution in [3.8, 4) is 21.6 Å². The van der Waals surface area contributed by atoms with Crippen LogP contribution in [0.4, 0.5) is 24.0 Å². The Morgan fingerprint density at radius 2 is 1.59 bits per heavy atom. The standard InChI is InChI=1S/C41H40F3N7O6S/c42-41(43,44)27-15-9-12-24(19-27)29-30(32(53)23-10-4-3-5-11-23)36(45)58-35(29)25-13-8-14-26(18-25)39(56)47-17-7-2-1-6-16-46-37-31-38(49-21-48-37)51(22-50-31)40-34(55)33(54)28(20-52)57-40/h3-5,8-15,18-19,21-22,28,33-34,40,52,54-55H,1-2,6-7,16-17,20,45H2,(H,47,56)(H,46,48,49)/t28-,33-,34-,40-/m1/s1. The fourth-order valence-electron chi connectivity index (χ4n) is 6.93. The van der Waals surface area contributed by atoms with Gasteiger partial charge in [0.1, 0.15) is 24.6 Å². The molecular formula is C41H40F3N7O6S. The summed E-state index contributed by atoms with van der Waals surface area (Å²) in [6, 6.07) is 19.9. The zero-order chi connectivity index (χ0) is 41.0. The highest BCUT2D eigenvalue weighted by Crippen LogP contribution is 2.47. The lowest BCUT2D eigenvalue weighted by Crippen LogP contribution is -2.33. The number of anilines is 2. The van der Waals surface area contributed by atoms with Gasteiger partial charge in [-0.15, -0.1) is 11.3 Å². The van der Waals surface area contributed by atoms with Gasteiger partial charge in [0, 0.05) is 34.7 Å². The number of nitrogens with one attached hydrogen (secondary N) is 2. The number of carbonyl (C=O) groups excluding carboxylic acids is 2. The molecule has 1 aliphatic heterocycles. The Hall–Kier alpha value is -5.72. The van der Waals surface area contributed by atoms with Crippen molar-refractivity contribution in [2.45, 2.75) is 56.4 Å². The van der Waals surface area contributed by atoms with Crippen LogP contribution in [0.1, 0.15) is 63.8 Å². The minimum absolute atomic E-state index is 0.103. The number of nitrogen functional groups attached to an aromatic ring is 1. The quantitative estimate of drug-likeness (QED) is 0.0520. The predicted octanol–water partition coefficient (Wildman–Crippen LogP) is 6.07. The van der Waals surface area contributed by atoms with E-state index >= 15 is 0 Å². The largest absolute Gasteiger partial charge is 0.416 e. The lowest BCUT2D eigenvalue weighted by molar-refractivity contribution is -0.137. The number of ketones is 1. The number of fused-ring (bicyclic) bond motifs is 1. The number of ether oxygens (including phenoxy) is 1. The lowest BCUT2D eigenvalue weighted by atomic mass is 9.92. The van der Waals surface area contributed by atoms with Crippen molar-refractivity contribution in [1.82, 2.24) is 24.8 Å². The molecule has 0 bridgehead atoms. The number of nitrogens with zero attached hydrogens (tertiary/aromatic N) is 4. The topological polar surface area (TPSA) is 198 Å². The predicted molar refractivity (Wildman–Crippen MR) is 212 cm³/mol. The second-order valence-electron chi connectivity index (χ2n) is 13.8. The summed E-state index contributed by atoms with van der Waals surface area (Å²) in [4.78, 5) is 40.5. The van der Waals surface area contributed by atoms with Crippen LogP contribution in [-0.2, 0) is 10.9 Å². The Kier molecular flexibility index (Phi) is 12.2. The summed E-state index contributed by atoms with van der Waals surface area (Å²) in [6.07, 6.45) is -3.05. The molecule has 7 rings (SSSR count). The third kappa shape index (κ3) is 8.44. The van der Waals surface area contributed by atoms with Gasteiger partial charge in [-0.3, -0.25) is 14.2 Å². The van der Waals surface area contributed by atoms with Gasteiger partial charge in [0.05, 0.1) is 29.1 Å². The van der Waals surface area contributed by atoms with E-state index in [0.29, 0.717) is 58.1 Å². The first-order valence-corrected chi connectivity index (χ1v) is 19.4. The number of hydrogen-bond acceptors (Lipinski definition) is 12. The number of nitrogens with two attached hydrogens (primary N) is 1. The number of benzene rings is 3. The first kappa shape index (κ1) is 40.5. The molecule has 0 unspecified atom stereocenters. The molecule has 4 atom stereocenters. The van der Waals surface area contributed by atoms with Crippen LogP contribution in [0.5, 0.6) is 0 Å². The van der Waals surface area contributed by atoms with Crippen LogP contribution in [0.15, 0.2) is 91.5 Å². The van der Waals surface area contributed by atoms with Gasteiger partial charge >= 0.3 is 6.18 Å². The molecule has 0 spiro atoms. The number of thiophene rings is 1. The molecule has 3 aromatic carbocycles. The molecule has 17 heteroatoms. The van der Waals surface area contributed by atoms with Crippen LogP contribution in [0.25, 0.3) is 32.7 Å². The highest BCUT2D eigenvalue weighted by atomic mass is 32.1. The Bertz CT molecular complexity index is 2410.